The van der Waals surface area contributed by atoms with Gasteiger partial charge in [-0.15, -0.1) is 0 Å². The summed E-state index contributed by atoms with van der Waals surface area (Å²) in [5.74, 6) is -1.75. The SMILES string of the molecule is Nc1cc(Cl)c(Nc2ccc(Br)cc2F)c(C(=O)O)c1. The Kier molecular flexibility index (Phi) is 4.15. The largest absolute Gasteiger partial charge is 0.478 e. The highest BCUT2D eigenvalue weighted by Crippen LogP contribution is 2.33. The van der Waals surface area contributed by atoms with Crippen LogP contribution in [0.15, 0.2) is 34.8 Å². The van der Waals surface area contributed by atoms with E-state index in [-0.39, 0.29) is 27.6 Å². The van der Waals surface area contributed by atoms with Crippen molar-refractivity contribution in [3.05, 3.63) is 51.2 Å². The molecule has 2 aromatic carbocycles. The standard InChI is InChI=1S/C13H9BrClFN2O2/c14-6-1-2-11(10(16)3-6)18-12-8(13(19)20)4-7(17)5-9(12)15/h1-5,18H,17H2,(H,19,20). The number of benzene rings is 2. The highest BCUT2D eigenvalue weighted by Gasteiger charge is 2.16. The predicted molar refractivity (Wildman–Crippen MR) is 80.2 cm³/mol. The summed E-state index contributed by atoms with van der Waals surface area (Å²) in [6, 6.07) is 7.00. The van der Waals surface area contributed by atoms with E-state index < -0.39 is 11.8 Å². The van der Waals surface area contributed by atoms with Crippen molar-refractivity contribution in [3.63, 3.8) is 0 Å². The van der Waals surface area contributed by atoms with E-state index in [0.29, 0.717) is 4.47 Å². The molecule has 0 fully saturated rings. The average molecular weight is 360 g/mol. The van der Waals surface area contributed by atoms with E-state index in [1.54, 1.807) is 6.07 Å². The van der Waals surface area contributed by atoms with Gasteiger partial charge in [-0.25, -0.2) is 9.18 Å². The second-order valence-electron chi connectivity index (χ2n) is 3.98. The molecule has 2 aromatic rings. The lowest BCUT2D eigenvalue weighted by molar-refractivity contribution is 0.0698. The van der Waals surface area contributed by atoms with Gasteiger partial charge in [0.1, 0.15) is 5.82 Å². The number of aromatic carboxylic acids is 1. The molecular formula is C13H9BrClFN2O2. The Hall–Kier alpha value is -1.79. The Morgan fingerprint density at radius 3 is 2.65 bits per heavy atom. The van der Waals surface area contributed by atoms with Crippen LogP contribution in [0.2, 0.25) is 5.02 Å². The van der Waals surface area contributed by atoms with Crippen molar-refractivity contribution in [1.82, 2.24) is 0 Å². The highest BCUT2D eigenvalue weighted by atomic mass is 79.9. The summed E-state index contributed by atoms with van der Waals surface area (Å²) in [6.45, 7) is 0. The smallest absolute Gasteiger partial charge is 0.337 e. The first-order valence-corrected chi connectivity index (χ1v) is 6.60. The molecule has 104 valence electrons. The molecule has 7 heteroatoms. The zero-order valence-electron chi connectivity index (χ0n) is 9.95. The molecule has 4 N–H and O–H groups in total. The third-order valence-corrected chi connectivity index (χ3v) is 3.33. The number of carboxylic acids is 1. The molecule has 0 saturated heterocycles. The third-order valence-electron chi connectivity index (χ3n) is 2.53. The quantitative estimate of drug-likeness (QED) is 0.716. The van der Waals surface area contributed by atoms with Crippen molar-refractivity contribution in [2.24, 2.45) is 0 Å². The van der Waals surface area contributed by atoms with Crippen molar-refractivity contribution in [2.45, 2.75) is 0 Å². The molecule has 0 radical (unpaired) electrons. The summed E-state index contributed by atoms with van der Waals surface area (Å²) in [7, 11) is 0. The second-order valence-corrected chi connectivity index (χ2v) is 5.30. The minimum atomic E-state index is -1.21. The molecule has 0 unspecified atom stereocenters. The number of carbonyl (C=O) groups is 1. The van der Waals surface area contributed by atoms with Gasteiger partial charge in [-0.1, -0.05) is 27.5 Å². The summed E-state index contributed by atoms with van der Waals surface area (Å²) in [6.07, 6.45) is 0. The second kappa shape index (κ2) is 5.68. The molecule has 0 heterocycles. The molecule has 4 nitrogen and oxygen atoms in total. The zero-order chi connectivity index (χ0) is 14.9. The van der Waals surface area contributed by atoms with E-state index in [0.717, 1.165) is 0 Å². The Balaban J connectivity index is 2.50. The molecule has 0 spiro atoms. The number of hydrogen-bond acceptors (Lipinski definition) is 3. The normalized spacial score (nSPS) is 10.3. The van der Waals surface area contributed by atoms with Gasteiger partial charge in [0.15, 0.2) is 0 Å². The van der Waals surface area contributed by atoms with Crippen LogP contribution in [0.5, 0.6) is 0 Å². The summed E-state index contributed by atoms with van der Waals surface area (Å²) in [5.41, 5.74) is 5.85. The van der Waals surface area contributed by atoms with E-state index in [1.807, 2.05) is 0 Å². The number of anilines is 3. The van der Waals surface area contributed by atoms with Crippen LogP contribution < -0.4 is 11.1 Å². The summed E-state index contributed by atoms with van der Waals surface area (Å²) in [5, 5.41) is 11.9. The molecule has 0 saturated carbocycles. The fourth-order valence-electron chi connectivity index (χ4n) is 1.65. The van der Waals surface area contributed by atoms with Crippen molar-refractivity contribution < 1.29 is 14.3 Å². The van der Waals surface area contributed by atoms with Gasteiger partial charge < -0.3 is 16.2 Å². The molecule has 20 heavy (non-hydrogen) atoms. The lowest BCUT2D eigenvalue weighted by atomic mass is 10.1. The monoisotopic (exact) mass is 358 g/mol. The Morgan fingerprint density at radius 2 is 2.05 bits per heavy atom. The summed E-state index contributed by atoms with van der Waals surface area (Å²) < 4.78 is 14.3. The van der Waals surface area contributed by atoms with Gasteiger partial charge >= 0.3 is 5.97 Å². The third kappa shape index (κ3) is 3.02. The van der Waals surface area contributed by atoms with Crippen molar-refractivity contribution in [3.8, 4) is 0 Å². The number of nitrogen functional groups attached to an aromatic ring is 1. The summed E-state index contributed by atoms with van der Waals surface area (Å²) in [4.78, 5) is 11.2. The minimum Gasteiger partial charge on any atom is -0.478 e. The topological polar surface area (TPSA) is 75.3 Å². The molecule has 0 aliphatic heterocycles. The van der Waals surface area contributed by atoms with Crippen LogP contribution in [0.3, 0.4) is 0 Å². The lowest BCUT2D eigenvalue weighted by Gasteiger charge is -2.13. The van der Waals surface area contributed by atoms with Crippen LogP contribution in [-0.4, -0.2) is 11.1 Å². The van der Waals surface area contributed by atoms with Crippen LogP contribution in [0, 0.1) is 5.82 Å². The van der Waals surface area contributed by atoms with E-state index in [9.17, 15) is 9.18 Å². The van der Waals surface area contributed by atoms with Crippen molar-refractivity contribution in [2.75, 3.05) is 11.1 Å². The molecule has 0 atom stereocenters. The van der Waals surface area contributed by atoms with Crippen molar-refractivity contribution in [1.29, 1.82) is 0 Å². The van der Waals surface area contributed by atoms with E-state index in [1.165, 1.54) is 24.3 Å². The van der Waals surface area contributed by atoms with Gasteiger partial charge in [-0.2, -0.15) is 0 Å². The highest BCUT2D eigenvalue weighted by molar-refractivity contribution is 9.10. The number of nitrogens with one attached hydrogen (secondary N) is 1. The van der Waals surface area contributed by atoms with E-state index in [4.69, 9.17) is 22.4 Å². The molecule has 0 amide bonds. The first-order valence-electron chi connectivity index (χ1n) is 5.43. The maximum Gasteiger partial charge on any atom is 0.337 e. The number of nitrogens with two attached hydrogens (primary N) is 1. The lowest BCUT2D eigenvalue weighted by Crippen LogP contribution is -2.05. The fourth-order valence-corrected chi connectivity index (χ4v) is 2.26. The number of rotatable bonds is 3. The maximum absolute atomic E-state index is 13.8. The minimum absolute atomic E-state index is 0.0922. The first kappa shape index (κ1) is 14.6. The molecule has 0 bridgehead atoms. The summed E-state index contributed by atoms with van der Waals surface area (Å²) >= 11 is 9.11. The average Bonchev–Trinajstić information content (AvgIpc) is 2.34. The van der Waals surface area contributed by atoms with Crippen LogP contribution >= 0.6 is 27.5 Å². The Labute approximate surface area is 127 Å². The van der Waals surface area contributed by atoms with Crippen LogP contribution in [0.25, 0.3) is 0 Å². The number of hydrogen-bond donors (Lipinski definition) is 3. The van der Waals surface area contributed by atoms with E-state index in [2.05, 4.69) is 21.2 Å². The molecule has 0 aromatic heterocycles. The van der Waals surface area contributed by atoms with Gasteiger partial charge in [-0.3, -0.25) is 0 Å². The Morgan fingerprint density at radius 1 is 1.35 bits per heavy atom. The Bertz CT molecular complexity index is 694. The predicted octanol–water partition coefficient (Wildman–Crippen LogP) is 4.27. The van der Waals surface area contributed by atoms with Crippen LogP contribution in [0.1, 0.15) is 10.4 Å². The molecule has 0 aliphatic rings. The fraction of sp³-hybridized carbons (Fsp3) is 0. The molecular weight excluding hydrogens is 351 g/mol. The van der Waals surface area contributed by atoms with E-state index >= 15 is 0 Å². The number of carboxylic acid groups (broad SMARTS) is 1. The van der Waals surface area contributed by atoms with Crippen LogP contribution in [0.4, 0.5) is 21.5 Å². The first-order chi connectivity index (χ1) is 9.38. The van der Waals surface area contributed by atoms with Crippen molar-refractivity contribution >= 4 is 50.6 Å². The number of halogens is 3. The van der Waals surface area contributed by atoms with Gasteiger partial charge in [0, 0.05) is 10.2 Å². The molecule has 2 rings (SSSR count). The zero-order valence-corrected chi connectivity index (χ0v) is 12.3. The van der Waals surface area contributed by atoms with Gasteiger partial charge in [-0.05, 0) is 30.3 Å². The van der Waals surface area contributed by atoms with Crippen LogP contribution in [-0.2, 0) is 0 Å². The maximum atomic E-state index is 13.8. The van der Waals surface area contributed by atoms with Gasteiger partial charge in [0.2, 0.25) is 0 Å². The molecule has 0 aliphatic carbocycles. The van der Waals surface area contributed by atoms with Gasteiger partial charge in [0.05, 0.1) is 22.0 Å². The van der Waals surface area contributed by atoms with Gasteiger partial charge in [0.25, 0.3) is 0 Å².